The number of rotatable bonds is 2. The second kappa shape index (κ2) is 3.61. The Balaban J connectivity index is 2.71. The summed E-state index contributed by atoms with van der Waals surface area (Å²) in [4.78, 5) is 7.48. The van der Waals surface area contributed by atoms with E-state index in [9.17, 15) is 0 Å². The number of H-pyrrole nitrogens is 1. The van der Waals surface area contributed by atoms with E-state index in [4.69, 9.17) is 0 Å². The Hall–Kier alpha value is -1.45. The van der Waals surface area contributed by atoms with Crippen molar-refractivity contribution < 1.29 is 0 Å². The van der Waals surface area contributed by atoms with Gasteiger partial charge in [0, 0.05) is 0 Å². The molecule has 0 saturated heterocycles. The number of aromatic nitrogens is 4. The summed E-state index contributed by atoms with van der Waals surface area (Å²) in [6.07, 6.45) is 1.71. The van der Waals surface area contributed by atoms with Crippen LogP contribution in [0.5, 0.6) is 0 Å². The summed E-state index contributed by atoms with van der Waals surface area (Å²) in [6.45, 7) is 8.43. The van der Waals surface area contributed by atoms with E-state index in [2.05, 4.69) is 47.9 Å². The molecule has 2 rings (SSSR count). The van der Waals surface area contributed by atoms with E-state index in [-0.39, 0.29) is 0 Å². The van der Waals surface area contributed by atoms with Crippen molar-refractivity contribution in [2.45, 2.75) is 39.5 Å². The number of fused-ring (bicyclic) bond motifs is 1. The minimum Gasteiger partial charge on any atom is -0.343 e. The second-order valence-corrected chi connectivity index (χ2v) is 4.41. The minimum atomic E-state index is 0.351. The van der Waals surface area contributed by atoms with Crippen molar-refractivity contribution in [1.82, 2.24) is 20.2 Å². The molecule has 0 radical (unpaired) electrons. The highest BCUT2D eigenvalue weighted by molar-refractivity contribution is 5.79. The van der Waals surface area contributed by atoms with E-state index in [0.29, 0.717) is 11.8 Å². The number of imidazole rings is 1. The van der Waals surface area contributed by atoms with E-state index in [1.165, 1.54) is 0 Å². The van der Waals surface area contributed by atoms with Crippen LogP contribution in [0.15, 0.2) is 6.33 Å². The van der Waals surface area contributed by atoms with Crippen molar-refractivity contribution in [2.24, 2.45) is 0 Å². The molecule has 0 aliphatic rings. The van der Waals surface area contributed by atoms with Crippen LogP contribution >= 0.6 is 0 Å². The van der Waals surface area contributed by atoms with Gasteiger partial charge in [-0.05, 0) is 11.8 Å². The molecule has 0 aliphatic heterocycles. The predicted octanol–water partition coefficient (Wildman–Crippen LogP) is 2.60. The fraction of sp³-hybridized carbons (Fsp3) is 0.545. The highest BCUT2D eigenvalue weighted by Gasteiger charge is 2.15. The topological polar surface area (TPSA) is 54.5 Å². The smallest absolute Gasteiger partial charge is 0.114 e. The third-order valence-corrected chi connectivity index (χ3v) is 2.50. The van der Waals surface area contributed by atoms with Crippen molar-refractivity contribution >= 4 is 11.0 Å². The molecule has 2 heterocycles. The molecule has 2 aromatic rings. The van der Waals surface area contributed by atoms with E-state index in [1.54, 1.807) is 6.33 Å². The molecule has 0 unspecified atom stereocenters. The molecule has 0 saturated carbocycles. The van der Waals surface area contributed by atoms with Crippen molar-refractivity contribution in [3.63, 3.8) is 0 Å². The molecule has 2 aromatic heterocycles. The number of aromatic amines is 1. The van der Waals surface area contributed by atoms with Crippen LogP contribution in [0.25, 0.3) is 11.0 Å². The zero-order valence-corrected chi connectivity index (χ0v) is 9.57. The Bertz CT molecular complexity index is 428. The van der Waals surface area contributed by atoms with Crippen LogP contribution in [0.1, 0.15) is 50.9 Å². The molecule has 4 heteroatoms. The van der Waals surface area contributed by atoms with Gasteiger partial charge in [0.15, 0.2) is 0 Å². The zero-order chi connectivity index (χ0) is 11.0. The lowest BCUT2D eigenvalue weighted by molar-refractivity contribution is 0.747. The largest absolute Gasteiger partial charge is 0.343 e. The van der Waals surface area contributed by atoms with Gasteiger partial charge in [0.2, 0.25) is 0 Å². The first kappa shape index (κ1) is 10.1. The first-order valence-electron chi connectivity index (χ1n) is 5.30. The van der Waals surface area contributed by atoms with Gasteiger partial charge in [-0.1, -0.05) is 27.7 Å². The predicted molar refractivity (Wildman–Crippen MR) is 59.9 cm³/mol. The highest BCUT2D eigenvalue weighted by Crippen LogP contribution is 2.25. The number of hydrogen-bond acceptors (Lipinski definition) is 3. The van der Waals surface area contributed by atoms with Crippen LogP contribution < -0.4 is 0 Å². The fourth-order valence-corrected chi connectivity index (χ4v) is 1.68. The average Bonchev–Trinajstić information content (AvgIpc) is 2.63. The lowest BCUT2D eigenvalue weighted by atomic mass is 10.1. The monoisotopic (exact) mass is 204 g/mol. The van der Waals surface area contributed by atoms with Crippen LogP contribution in [-0.2, 0) is 0 Å². The summed E-state index contributed by atoms with van der Waals surface area (Å²) in [5.74, 6) is 0.714. The number of nitrogens with one attached hydrogen (secondary N) is 1. The Morgan fingerprint density at radius 3 is 2.20 bits per heavy atom. The molecule has 0 spiro atoms. The molecule has 80 valence electrons. The van der Waals surface area contributed by atoms with Gasteiger partial charge >= 0.3 is 0 Å². The highest BCUT2D eigenvalue weighted by atomic mass is 15.1. The van der Waals surface area contributed by atoms with Crippen LogP contribution in [0.3, 0.4) is 0 Å². The zero-order valence-electron chi connectivity index (χ0n) is 9.57. The van der Waals surface area contributed by atoms with Crippen molar-refractivity contribution in [2.75, 3.05) is 0 Å². The SMILES string of the molecule is CC(C)c1nnc(C(C)C)c2[nH]cnc12. The molecule has 15 heavy (non-hydrogen) atoms. The van der Waals surface area contributed by atoms with Crippen molar-refractivity contribution in [3.8, 4) is 0 Å². The molecular weight excluding hydrogens is 188 g/mol. The number of hydrogen-bond donors (Lipinski definition) is 1. The summed E-state index contributed by atoms with van der Waals surface area (Å²) in [5, 5.41) is 8.55. The van der Waals surface area contributed by atoms with E-state index < -0.39 is 0 Å². The van der Waals surface area contributed by atoms with Crippen LogP contribution in [0.4, 0.5) is 0 Å². The Kier molecular flexibility index (Phi) is 2.42. The molecule has 1 N–H and O–H groups in total. The molecule has 0 bridgehead atoms. The average molecular weight is 204 g/mol. The second-order valence-electron chi connectivity index (χ2n) is 4.41. The Morgan fingerprint density at radius 2 is 1.60 bits per heavy atom. The van der Waals surface area contributed by atoms with E-state index >= 15 is 0 Å². The molecule has 0 aliphatic carbocycles. The lowest BCUT2D eigenvalue weighted by Crippen LogP contribution is -2.03. The standard InChI is InChI=1S/C11H16N4/c1-6(2)8-10-11(13-5-12-10)9(7(3)4)15-14-8/h5-7H,1-4H3,(H,12,13). The van der Waals surface area contributed by atoms with Gasteiger partial charge in [-0.3, -0.25) is 0 Å². The van der Waals surface area contributed by atoms with Crippen LogP contribution in [0, 0.1) is 0 Å². The first-order valence-corrected chi connectivity index (χ1v) is 5.30. The first-order chi connectivity index (χ1) is 7.11. The van der Waals surface area contributed by atoms with E-state index in [1.807, 2.05) is 0 Å². The number of nitrogens with zero attached hydrogens (tertiary/aromatic N) is 3. The molecule has 0 aromatic carbocycles. The molecule has 4 nitrogen and oxygen atoms in total. The molecule has 0 amide bonds. The maximum absolute atomic E-state index is 4.32. The van der Waals surface area contributed by atoms with Gasteiger partial charge in [-0.2, -0.15) is 10.2 Å². The van der Waals surface area contributed by atoms with Gasteiger partial charge < -0.3 is 4.98 Å². The van der Waals surface area contributed by atoms with Gasteiger partial charge in [-0.25, -0.2) is 4.98 Å². The third-order valence-electron chi connectivity index (χ3n) is 2.50. The van der Waals surface area contributed by atoms with Gasteiger partial charge in [0.05, 0.1) is 23.2 Å². The molecule has 0 atom stereocenters. The van der Waals surface area contributed by atoms with Gasteiger partial charge in [0.1, 0.15) is 5.52 Å². The van der Waals surface area contributed by atoms with Gasteiger partial charge in [0.25, 0.3) is 0 Å². The Morgan fingerprint density at radius 1 is 1.00 bits per heavy atom. The molecule has 0 fully saturated rings. The summed E-state index contributed by atoms with van der Waals surface area (Å²) in [7, 11) is 0. The summed E-state index contributed by atoms with van der Waals surface area (Å²) >= 11 is 0. The normalized spacial score (nSPS) is 11.9. The maximum atomic E-state index is 4.32. The van der Waals surface area contributed by atoms with E-state index in [0.717, 1.165) is 22.4 Å². The third kappa shape index (κ3) is 1.60. The van der Waals surface area contributed by atoms with Crippen LogP contribution in [0.2, 0.25) is 0 Å². The summed E-state index contributed by atoms with van der Waals surface area (Å²) in [5.41, 5.74) is 3.95. The molecular formula is C11H16N4. The van der Waals surface area contributed by atoms with Crippen molar-refractivity contribution in [3.05, 3.63) is 17.7 Å². The fourth-order valence-electron chi connectivity index (χ4n) is 1.68. The minimum absolute atomic E-state index is 0.351. The van der Waals surface area contributed by atoms with Crippen molar-refractivity contribution in [1.29, 1.82) is 0 Å². The van der Waals surface area contributed by atoms with Gasteiger partial charge in [-0.15, -0.1) is 0 Å². The summed E-state index contributed by atoms with van der Waals surface area (Å²) < 4.78 is 0. The lowest BCUT2D eigenvalue weighted by Gasteiger charge is -2.08. The van der Waals surface area contributed by atoms with Crippen LogP contribution in [-0.4, -0.2) is 20.2 Å². The maximum Gasteiger partial charge on any atom is 0.114 e. The Labute approximate surface area is 89.1 Å². The quantitative estimate of drug-likeness (QED) is 0.818. The summed E-state index contributed by atoms with van der Waals surface area (Å²) in [6, 6.07) is 0.